The quantitative estimate of drug-likeness (QED) is 0.468. The van der Waals surface area contributed by atoms with Gasteiger partial charge in [-0.3, -0.25) is 0 Å². The Bertz CT molecular complexity index is 1010. The first-order valence-corrected chi connectivity index (χ1v) is 10.5. The monoisotopic (exact) mass is 413 g/mol. The molecule has 1 aliphatic carbocycles. The minimum Gasteiger partial charge on any atom is -0.508 e. The first-order valence-electron chi connectivity index (χ1n) is 10.5. The van der Waals surface area contributed by atoms with E-state index in [4.69, 9.17) is 10.7 Å². The summed E-state index contributed by atoms with van der Waals surface area (Å²) in [5.41, 5.74) is 7.73. The standard InChI is InChI=1S/C21H28FN7O/c1-13(23)10-25-21-27-19(24-11-14-9-15(22)7-8-17(14)30)18-20(28-21)29(12-26-18)16-5-3-2-4-6-16/h7-9,12-13,16,30H,2-6,10-11,23H2,1H3,(H2,24,25,27,28). The molecule has 2 heterocycles. The highest BCUT2D eigenvalue weighted by Crippen LogP contribution is 2.32. The summed E-state index contributed by atoms with van der Waals surface area (Å²) in [6, 6.07) is 4.20. The van der Waals surface area contributed by atoms with Gasteiger partial charge in [-0.25, -0.2) is 9.37 Å². The average Bonchev–Trinajstić information content (AvgIpc) is 3.17. The number of nitrogens with one attached hydrogen (secondary N) is 2. The van der Waals surface area contributed by atoms with Crippen molar-refractivity contribution < 1.29 is 9.50 Å². The summed E-state index contributed by atoms with van der Waals surface area (Å²) in [7, 11) is 0. The van der Waals surface area contributed by atoms with Crippen molar-refractivity contribution in [1.82, 2.24) is 19.5 Å². The van der Waals surface area contributed by atoms with Gasteiger partial charge < -0.3 is 26.0 Å². The van der Waals surface area contributed by atoms with E-state index in [9.17, 15) is 9.50 Å². The summed E-state index contributed by atoms with van der Waals surface area (Å²) >= 11 is 0. The van der Waals surface area contributed by atoms with E-state index < -0.39 is 5.82 Å². The minimum absolute atomic E-state index is 0.0252. The number of fused-ring (bicyclic) bond motifs is 1. The summed E-state index contributed by atoms with van der Waals surface area (Å²) in [6.07, 6.45) is 7.72. The van der Waals surface area contributed by atoms with Crippen LogP contribution in [0, 0.1) is 5.82 Å². The van der Waals surface area contributed by atoms with Gasteiger partial charge in [0.1, 0.15) is 11.6 Å². The van der Waals surface area contributed by atoms with Gasteiger partial charge in [0.2, 0.25) is 5.95 Å². The molecule has 0 bridgehead atoms. The minimum atomic E-state index is -0.404. The molecule has 30 heavy (non-hydrogen) atoms. The first kappa shape index (κ1) is 20.3. The SMILES string of the molecule is CC(N)CNc1nc(NCc2cc(F)ccc2O)c2ncn(C3CCCCC3)c2n1. The van der Waals surface area contributed by atoms with Crippen molar-refractivity contribution in [3.05, 3.63) is 35.9 Å². The number of hydrogen-bond acceptors (Lipinski definition) is 7. The van der Waals surface area contributed by atoms with Crippen LogP contribution < -0.4 is 16.4 Å². The summed E-state index contributed by atoms with van der Waals surface area (Å²) < 4.78 is 15.7. The molecule has 0 aliphatic heterocycles. The summed E-state index contributed by atoms with van der Waals surface area (Å²) in [5, 5.41) is 16.4. The van der Waals surface area contributed by atoms with Crippen LogP contribution in [0.25, 0.3) is 11.2 Å². The molecule has 0 spiro atoms. The topological polar surface area (TPSA) is 114 Å². The molecule has 8 nitrogen and oxygen atoms in total. The van der Waals surface area contributed by atoms with Crippen molar-refractivity contribution in [2.75, 3.05) is 17.2 Å². The molecule has 1 unspecified atom stereocenters. The van der Waals surface area contributed by atoms with Crippen molar-refractivity contribution in [3.8, 4) is 5.75 Å². The lowest BCUT2D eigenvalue weighted by molar-refractivity contribution is 0.358. The Morgan fingerprint density at radius 2 is 2.03 bits per heavy atom. The lowest BCUT2D eigenvalue weighted by atomic mass is 9.95. The van der Waals surface area contributed by atoms with Gasteiger partial charge in [-0.15, -0.1) is 0 Å². The van der Waals surface area contributed by atoms with Crippen molar-refractivity contribution in [3.63, 3.8) is 0 Å². The van der Waals surface area contributed by atoms with Crippen LogP contribution >= 0.6 is 0 Å². The zero-order chi connectivity index (χ0) is 21.1. The number of imidazole rings is 1. The maximum absolute atomic E-state index is 13.6. The molecular weight excluding hydrogens is 385 g/mol. The largest absolute Gasteiger partial charge is 0.508 e. The second kappa shape index (κ2) is 8.83. The lowest BCUT2D eigenvalue weighted by Crippen LogP contribution is -2.26. The molecule has 0 radical (unpaired) electrons. The van der Waals surface area contributed by atoms with E-state index in [2.05, 4.69) is 25.2 Å². The van der Waals surface area contributed by atoms with Crippen LogP contribution in [0.2, 0.25) is 0 Å². The van der Waals surface area contributed by atoms with Crippen LogP contribution in [0.3, 0.4) is 0 Å². The van der Waals surface area contributed by atoms with Crippen LogP contribution in [-0.4, -0.2) is 37.2 Å². The van der Waals surface area contributed by atoms with Gasteiger partial charge >= 0.3 is 0 Å². The van der Waals surface area contributed by atoms with Crippen LogP contribution in [0.5, 0.6) is 5.75 Å². The average molecular weight is 414 g/mol. The number of hydrogen-bond donors (Lipinski definition) is 4. The zero-order valence-electron chi connectivity index (χ0n) is 17.1. The summed E-state index contributed by atoms with van der Waals surface area (Å²) in [6.45, 7) is 2.65. The number of phenols is 1. The Labute approximate surface area is 174 Å². The predicted octanol–water partition coefficient (Wildman–Crippen LogP) is 3.55. The van der Waals surface area contributed by atoms with E-state index in [1.54, 1.807) is 0 Å². The van der Waals surface area contributed by atoms with Gasteiger partial charge in [0.05, 0.1) is 6.33 Å². The molecule has 0 saturated heterocycles. The number of nitrogens with two attached hydrogens (primary N) is 1. The van der Waals surface area contributed by atoms with Crippen molar-refractivity contribution in [2.45, 2.75) is 57.7 Å². The Morgan fingerprint density at radius 3 is 2.80 bits per heavy atom. The van der Waals surface area contributed by atoms with E-state index in [0.29, 0.717) is 35.4 Å². The number of nitrogens with zero attached hydrogens (tertiary/aromatic N) is 4. The highest BCUT2D eigenvalue weighted by molar-refractivity contribution is 5.84. The Kier molecular flexibility index (Phi) is 5.98. The Hall–Kier alpha value is -2.94. The smallest absolute Gasteiger partial charge is 0.226 e. The van der Waals surface area contributed by atoms with E-state index in [0.717, 1.165) is 18.5 Å². The molecule has 3 aromatic rings. The zero-order valence-corrected chi connectivity index (χ0v) is 17.1. The second-order valence-electron chi connectivity index (χ2n) is 8.00. The van der Waals surface area contributed by atoms with Gasteiger partial charge in [-0.1, -0.05) is 19.3 Å². The predicted molar refractivity (Wildman–Crippen MR) is 115 cm³/mol. The third-order valence-corrected chi connectivity index (χ3v) is 5.46. The van der Waals surface area contributed by atoms with Gasteiger partial charge in [0, 0.05) is 30.7 Å². The maximum Gasteiger partial charge on any atom is 0.226 e. The maximum atomic E-state index is 13.6. The molecule has 1 fully saturated rings. The van der Waals surface area contributed by atoms with Gasteiger partial charge in [0.15, 0.2) is 17.0 Å². The lowest BCUT2D eigenvalue weighted by Gasteiger charge is -2.23. The van der Waals surface area contributed by atoms with Crippen LogP contribution in [-0.2, 0) is 6.54 Å². The number of aromatic hydroxyl groups is 1. The third-order valence-electron chi connectivity index (χ3n) is 5.46. The second-order valence-corrected chi connectivity index (χ2v) is 8.00. The van der Waals surface area contributed by atoms with Crippen molar-refractivity contribution in [2.24, 2.45) is 5.73 Å². The highest BCUT2D eigenvalue weighted by atomic mass is 19.1. The fourth-order valence-electron chi connectivity index (χ4n) is 3.87. The molecule has 1 saturated carbocycles. The van der Waals surface area contributed by atoms with Crippen molar-refractivity contribution in [1.29, 1.82) is 0 Å². The highest BCUT2D eigenvalue weighted by Gasteiger charge is 2.21. The number of phenolic OH excluding ortho intramolecular Hbond substituents is 1. The van der Waals surface area contributed by atoms with Crippen LogP contribution in [0.4, 0.5) is 16.2 Å². The normalized spacial score (nSPS) is 16.0. The summed E-state index contributed by atoms with van der Waals surface area (Å²) in [5.74, 6) is 0.615. The number of anilines is 2. The molecule has 2 aromatic heterocycles. The van der Waals surface area contributed by atoms with E-state index in [1.807, 2.05) is 13.3 Å². The molecule has 1 atom stereocenters. The summed E-state index contributed by atoms with van der Waals surface area (Å²) in [4.78, 5) is 13.8. The van der Waals surface area contributed by atoms with Gasteiger partial charge in [-0.05, 0) is 38.0 Å². The van der Waals surface area contributed by atoms with E-state index in [-0.39, 0.29) is 18.3 Å². The fraction of sp³-hybridized carbons (Fsp3) is 0.476. The molecule has 1 aliphatic rings. The molecule has 1 aromatic carbocycles. The first-order chi connectivity index (χ1) is 14.5. The van der Waals surface area contributed by atoms with Crippen LogP contribution in [0.15, 0.2) is 24.5 Å². The molecule has 5 N–H and O–H groups in total. The number of rotatable bonds is 7. The third kappa shape index (κ3) is 4.46. The number of aromatic nitrogens is 4. The number of halogens is 1. The molecule has 9 heteroatoms. The Morgan fingerprint density at radius 1 is 1.23 bits per heavy atom. The molecule has 160 valence electrons. The number of benzene rings is 1. The fourth-order valence-corrected chi connectivity index (χ4v) is 3.87. The van der Waals surface area contributed by atoms with Crippen molar-refractivity contribution >= 4 is 22.9 Å². The van der Waals surface area contributed by atoms with E-state index >= 15 is 0 Å². The Balaban J connectivity index is 1.67. The van der Waals surface area contributed by atoms with Gasteiger partial charge in [-0.2, -0.15) is 9.97 Å². The van der Waals surface area contributed by atoms with Gasteiger partial charge in [0.25, 0.3) is 0 Å². The molecule has 4 rings (SSSR count). The molecular formula is C21H28FN7O. The van der Waals surface area contributed by atoms with E-state index in [1.165, 1.54) is 37.5 Å². The van der Waals surface area contributed by atoms with Crippen LogP contribution in [0.1, 0.15) is 50.6 Å². The molecule has 0 amide bonds.